The molecule has 2 fully saturated rings. The van der Waals surface area contributed by atoms with Crippen molar-refractivity contribution in [2.24, 2.45) is 5.73 Å². The van der Waals surface area contributed by atoms with Crippen molar-refractivity contribution < 1.29 is 4.79 Å². The second kappa shape index (κ2) is 5.77. The van der Waals surface area contributed by atoms with Crippen LogP contribution in [-0.4, -0.2) is 67.6 Å². The van der Waals surface area contributed by atoms with Crippen molar-refractivity contribution in [2.45, 2.75) is 49.7 Å². The second-order valence-electron chi connectivity index (χ2n) is 6.39. The molecule has 1 saturated carbocycles. The third-order valence-corrected chi connectivity index (χ3v) is 4.91. The fourth-order valence-electron chi connectivity index (χ4n) is 3.83. The lowest BCUT2D eigenvalue weighted by atomic mass is 9.96. The number of carbonyl (C=O) groups is 1. The van der Waals surface area contributed by atoms with Gasteiger partial charge in [0.25, 0.3) is 0 Å². The number of likely N-dealkylation sites (N-methyl/N-ethyl adjacent to an activating group) is 2. The molecular weight excluding hydrogens is 240 g/mol. The Labute approximate surface area is 116 Å². The van der Waals surface area contributed by atoms with E-state index in [4.69, 9.17) is 5.73 Å². The van der Waals surface area contributed by atoms with Crippen molar-refractivity contribution in [3.05, 3.63) is 0 Å². The van der Waals surface area contributed by atoms with E-state index < -0.39 is 5.54 Å². The van der Waals surface area contributed by atoms with Gasteiger partial charge in [0.05, 0.1) is 5.54 Å². The molecule has 1 heterocycles. The molecule has 2 rings (SSSR count). The highest BCUT2D eigenvalue weighted by molar-refractivity contribution is 5.85. The lowest BCUT2D eigenvalue weighted by Crippen LogP contribution is -2.53. The summed E-state index contributed by atoms with van der Waals surface area (Å²) in [5.74, 6) is -0.194. The molecule has 0 spiro atoms. The lowest BCUT2D eigenvalue weighted by Gasteiger charge is -2.33. The summed E-state index contributed by atoms with van der Waals surface area (Å²) in [5, 5.41) is 3.17. The van der Waals surface area contributed by atoms with Gasteiger partial charge in [-0.15, -0.1) is 0 Å². The van der Waals surface area contributed by atoms with Crippen LogP contribution in [0.15, 0.2) is 0 Å². The molecule has 0 bridgehead atoms. The van der Waals surface area contributed by atoms with Crippen molar-refractivity contribution in [1.29, 1.82) is 0 Å². The number of hydrogen-bond donors (Lipinski definition) is 2. The summed E-state index contributed by atoms with van der Waals surface area (Å²) in [5.41, 5.74) is 5.12. The summed E-state index contributed by atoms with van der Waals surface area (Å²) >= 11 is 0. The van der Waals surface area contributed by atoms with Crippen LogP contribution in [0.1, 0.15) is 32.1 Å². The highest BCUT2D eigenvalue weighted by Crippen LogP contribution is 2.36. The smallest absolute Gasteiger partial charge is 0.237 e. The average molecular weight is 268 g/mol. The topological polar surface area (TPSA) is 61.6 Å². The third kappa shape index (κ3) is 2.93. The number of likely N-dealkylation sites (tertiary alicyclic amines) is 1. The Bertz CT molecular complexity index is 333. The van der Waals surface area contributed by atoms with Gasteiger partial charge in [0, 0.05) is 18.6 Å². The summed E-state index contributed by atoms with van der Waals surface area (Å²) in [6.45, 7) is 2.28. The highest BCUT2D eigenvalue weighted by atomic mass is 16.1. The minimum absolute atomic E-state index is 0.194. The van der Waals surface area contributed by atoms with Crippen LogP contribution in [0, 0.1) is 0 Å². The Kier molecular flexibility index (Phi) is 4.48. The van der Waals surface area contributed by atoms with Crippen LogP contribution >= 0.6 is 0 Å². The van der Waals surface area contributed by atoms with E-state index >= 15 is 0 Å². The van der Waals surface area contributed by atoms with Crippen LogP contribution < -0.4 is 11.1 Å². The zero-order valence-corrected chi connectivity index (χ0v) is 12.5. The molecular formula is C14H28N4O. The van der Waals surface area contributed by atoms with Gasteiger partial charge < -0.3 is 16.0 Å². The van der Waals surface area contributed by atoms with Gasteiger partial charge in [0.15, 0.2) is 0 Å². The standard InChI is InChI=1S/C14H28N4O/c1-16-14(13(15)19)7-6-11(9-14)18-8-4-5-12(18)10-17(2)3/h11-12,16H,4-10H2,1-3H3,(H2,15,19). The monoisotopic (exact) mass is 268 g/mol. The minimum Gasteiger partial charge on any atom is -0.368 e. The van der Waals surface area contributed by atoms with Crippen molar-refractivity contribution in [1.82, 2.24) is 15.1 Å². The van der Waals surface area contributed by atoms with Gasteiger partial charge in [-0.25, -0.2) is 0 Å². The molecule has 1 aliphatic heterocycles. The molecule has 0 aromatic rings. The van der Waals surface area contributed by atoms with Crippen LogP contribution in [0.25, 0.3) is 0 Å². The zero-order chi connectivity index (χ0) is 14.0. The van der Waals surface area contributed by atoms with E-state index in [9.17, 15) is 4.79 Å². The van der Waals surface area contributed by atoms with E-state index in [-0.39, 0.29) is 5.91 Å². The van der Waals surface area contributed by atoms with Crippen molar-refractivity contribution in [2.75, 3.05) is 34.2 Å². The fraction of sp³-hybridized carbons (Fsp3) is 0.929. The summed E-state index contributed by atoms with van der Waals surface area (Å²) in [6, 6.07) is 1.15. The first kappa shape index (κ1) is 14.8. The van der Waals surface area contributed by atoms with Crippen molar-refractivity contribution in [3.8, 4) is 0 Å². The fourth-order valence-corrected chi connectivity index (χ4v) is 3.83. The second-order valence-corrected chi connectivity index (χ2v) is 6.39. The van der Waals surface area contributed by atoms with Crippen molar-refractivity contribution >= 4 is 5.91 Å². The molecule has 19 heavy (non-hydrogen) atoms. The van der Waals surface area contributed by atoms with E-state index in [2.05, 4.69) is 29.2 Å². The number of nitrogens with one attached hydrogen (secondary N) is 1. The largest absolute Gasteiger partial charge is 0.368 e. The van der Waals surface area contributed by atoms with E-state index in [1.807, 2.05) is 7.05 Å². The maximum absolute atomic E-state index is 11.7. The Hall–Kier alpha value is -0.650. The van der Waals surface area contributed by atoms with E-state index in [1.165, 1.54) is 19.4 Å². The Balaban J connectivity index is 2.01. The minimum atomic E-state index is -0.476. The van der Waals surface area contributed by atoms with Crippen LogP contribution in [0.2, 0.25) is 0 Å². The Morgan fingerprint density at radius 1 is 1.47 bits per heavy atom. The predicted molar refractivity (Wildman–Crippen MR) is 76.9 cm³/mol. The number of carbonyl (C=O) groups excluding carboxylic acids is 1. The van der Waals surface area contributed by atoms with Gasteiger partial charge >= 0.3 is 0 Å². The average Bonchev–Trinajstić information content (AvgIpc) is 2.94. The molecule has 2 aliphatic rings. The number of nitrogens with two attached hydrogens (primary N) is 1. The van der Waals surface area contributed by atoms with Crippen LogP contribution in [0.5, 0.6) is 0 Å². The summed E-state index contributed by atoms with van der Waals surface area (Å²) < 4.78 is 0. The lowest BCUT2D eigenvalue weighted by molar-refractivity contribution is -0.124. The third-order valence-electron chi connectivity index (χ3n) is 4.91. The van der Waals surface area contributed by atoms with E-state index in [1.54, 1.807) is 0 Å². The molecule has 3 atom stereocenters. The van der Waals surface area contributed by atoms with Crippen LogP contribution in [0.3, 0.4) is 0 Å². The van der Waals surface area contributed by atoms with Gasteiger partial charge in [-0.2, -0.15) is 0 Å². The summed E-state index contributed by atoms with van der Waals surface area (Å²) in [7, 11) is 6.12. The Morgan fingerprint density at radius 3 is 2.74 bits per heavy atom. The number of hydrogen-bond acceptors (Lipinski definition) is 4. The molecule has 3 N–H and O–H groups in total. The molecule has 0 radical (unpaired) electrons. The maximum Gasteiger partial charge on any atom is 0.237 e. The number of rotatable bonds is 5. The first-order valence-corrected chi connectivity index (χ1v) is 7.38. The zero-order valence-electron chi connectivity index (χ0n) is 12.5. The maximum atomic E-state index is 11.7. The van der Waals surface area contributed by atoms with E-state index in [0.29, 0.717) is 12.1 Å². The van der Waals surface area contributed by atoms with Crippen LogP contribution in [-0.2, 0) is 4.79 Å². The molecule has 1 saturated heterocycles. The molecule has 1 amide bonds. The predicted octanol–water partition coefficient (Wildman–Crippen LogP) is 0.00840. The molecule has 5 heteroatoms. The summed E-state index contributed by atoms with van der Waals surface area (Å²) in [6.07, 6.45) is 5.36. The highest BCUT2D eigenvalue weighted by Gasteiger charge is 2.46. The van der Waals surface area contributed by atoms with Crippen LogP contribution in [0.4, 0.5) is 0 Å². The number of amides is 1. The molecule has 0 aromatic heterocycles. The quantitative estimate of drug-likeness (QED) is 0.737. The number of primary amides is 1. The van der Waals surface area contributed by atoms with Gasteiger partial charge in [0.2, 0.25) is 5.91 Å². The Morgan fingerprint density at radius 2 is 2.21 bits per heavy atom. The molecule has 1 aliphatic carbocycles. The molecule has 110 valence electrons. The van der Waals surface area contributed by atoms with Crippen molar-refractivity contribution in [3.63, 3.8) is 0 Å². The number of nitrogens with zero attached hydrogens (tertiary/aromatic N) is 2. The normalized spacial score (nSPS) is 36.2. The van der Waals surface area contributed by atoms with Gasteiger partial charge in [-0.05, 0) is 59.8 Å². The van der Waals surface area contributed by atoms with Gasteiger partial charge in [-0.1, -0.05) is 0 Å². The molecule has 3 unspecified atom stereocenters. The first-order valence-electron chi connectivity index (χ1n) is 7.38. The van der Waals surface area contributed by atoms with Gasteiger partial charge in [0.1, 0.15) is 0 Å². The summed E-state index contributed by atoms with van der Waals surface area (Å²) in [4.78, 5) is 16.6. The molecule has 5 nitrogen and oxygen atoms in total. The van der Waals surface area contributed by atoms with Gasteiger partial charge in [-0.3, -0.25) is 9.69 Å². The molecule has 0 aromatic carbocycles. The first-order chi connectivity index (χ1) is 8.98. The van der Waals surface area contributed by atoms with E-state index in [0.717, 1.165) is 25.8 Å². The SMILES string of the molecule is CNC1(C(N)=O)CCC(N2CCCC2CN(C)C)C1.